The van der Waals surface area contributed by atoms with Gasteiger partial charge < -0.3 is 20.0 Å². The van der Waals surface area contributed by atoms with Gasteiger partial charge in [0.1, 0.15) is 0 Å². The predicted octanol–water partition coefficient (Wildman–Crippen LogP) is 0.312. The zero-order chi connectivity index (χ0) is 13.5. The Kier molecular flexibility index (Phi) is 5.57. The monoisotopic (exact) mass is 255 g/mol. The summed E-state index contributed by atoms with van der Waals surface area (Å²) in [5, 5.41) is 13.7. The second kappa shape index (κ2) is 6.95. The van der Waals surface area contributed by atoms with E-state index in [9.17, 15) is 4.79 Å². The van der Waals surface area contributed by atoms with Crippen LogP contribution in [0.25, 0.3) is 0 Å². The molecule has 1 aromatic rings. The Morgan fingerprint density at radius 3 is 2.83 bits per heavy atom. The number of carbonyl (C=O) groups excluding carboxylic acids is 1. The highest BCUT2D eigenvalue weighted by Crippen LogP contribution is 2.16. The molecule has 1 aromatic heterocycles. The topological polar surface area (TPSA) is 83.3 Å². The molecule has 0 aromatic carbocycles. The molecule has 1 unspecified atom stereocenters. The summed E-state index contributed by atoms with van der Waals surface area (Å²) in [6, 6.07) is 0.460. The van der Waals surface area contributed by atoms with Crippen molar-refractivity contribution in [2.24, 2.45) is 0 Å². The number of hydrogen-bond acceptors (Lipinski definition) is 6. The minimum Gasteiger partial charge on any atom is -0.406 e. The Morgan fingerprint density at radius 2 is 2.22 bits per heavy atom. The van der Waals surface area contributed by atoms with Gasteiger partial charge in [-0.25, -0.2) is 0 Å². The Hall–Kier alpha value is -1.63. The molecule has 0 bridgehead atoms. The highest BCUT2D eigenvalue weighted by molar-refractivity contribution is 5.76. The molecule has 0 saturated carbocycles. The van der Waals surface area contributed by atoms with Gasteiger partial charge in [-0.3, -0.25) is 4.79 Å². The molecule has 1 heterocycles. The molecule has 1 atom stereocenters. The average Bonchev–Trinajstić information content (AvgIpc) is 2.85. The van der Waals surface area contributed by atoms with Gasteiger partial charge in [-0.2, -0.15) is 0 Å². The van der Waals surface area contributed by atoms with Gasteiger partial charge in [-0.15, -0.1) is 5.10 Å². The first-order valence-corrected chi connectivity index (χ1v) is 6.07. The predicted molar refractivity (Wildman–Crippen MR) is 68.3 cm³/mol. The van der Waals surface area contributed by atoms with Gasteiger partial charge >= 0.3 is 6.01 Å². The summed E-state index contributed by atoms with van der Waals surface area (Å²) in [6.07, 6.45) is 0.396. The first-order chi connectivity index (χ1) is 8.58. The second-order valence-corrected chi connectivity index (χ2v) is 4.05. The summed E-state index contributed by atoms with van der Waals surface area (Å²) in [5.41, 5.74) is 0. The molecule has 1 amide bonds. The van der Waals surface area contributed by atoms with Gasteiger partial charge in [0.15, 0.2) is 0 Å². The van der Waals surface area contributed by atoms with Crippen LogP contribution in [0.3, 0.4) is 0 Å². The number of carbonyl (C=O) groups is 1. The molecule has 18 heavy (non-hydrogen) atoms. The van der Waals surface area contributed by atoms with Crippen LogP contribution in [0, 0.1) is 0 Å². The van der Waals surface area contributed by atoms with Gasteiger partial charge in [0.05, 0.1) is 6.04 Å². The van der Waals surface area contributed by atoms with E-state index in [2.05, 4.69) is 20.8 Å². The van der Waals surface area contributed by atoms with Crippen LogP contribution in [0.4, 0.5) is 6.01 Å². The third-order valence-corrected chi connectivity index (χ3v) is 2.59. The highest BCUT2D eigenvalue weighted by Gasteiger charge is 2.15. The number of hydrogen-bond donors (Lipinski definition) is 2. The van der Waals surface area contributed by atoms with E-state index in [0.29, 0.717) is 24.9 Å². The van der Waals surface area contributed by atoms with Crippen LogP contribution >= 0.6 is 0 Å². The number of amides is 1. The summed E-state index contributed by atoms with van der Waals surface area (Å²) < 4.78 is 5.54. The molecular weight excluding hydrogens is 234 g/mol. The molecule has 102 valence electrons. The van der Waals surface area contributed by atoms with Crippen LogP contribution < -0.4 is 15.5 Å². The Morgan fingerprint density at radius 1 is 1.50 bits per heavy atom. The van der Waals surface area contributed by atoms with Crippen molar-refractivity contribution >= 4 is 11.9 Å². The maximum Gasteiger partial charge on any atom is 0.317 e. The largest absolute Gasteiger partial charge is 0.406 e. The number of aromatic nitrogens is 2. The zero-order valence-electron chi connectivity index (χ0n) is 11.4. The normalized spacial score (nSPS) is 12.2. The van der Waals surface area contributed by atoms with Crippen molar-refractivity contribution in [2.75, 3.05) is 32.1 Å². The average molecular weight is 255 g/mol. The first kappa shape index (κ1) is 14.4. The fourth-order valence-electron chi connectivity index (χ4n) is 1.44. The molecule has 0 fully saturated rings. The number of anilines is 1. The van der Waals surface area contributed by atoms with E-state index < -0.39 is 0 Å². The first-order valence-electron chi connectivity index (χ1n) is 6.07. The fourth-order valence-corrected chi connectivity index (χ4v) is 1.44. The summed E-state index contributed by atoms with van der Waals surface area (Å²) in [5.74, 6) is 0.543. The number of nitrogens with zero attached hydrogens (tertiary/aromatic N) is 3. The van der Waals surface area contributed by atoms with Crippen LogP contribution in [0.5, 0.6) is 0 Å². The van der Waals surface area contributed by atoms with Crippen molar-refractivity contribution in [1.29, 1.82) is 0 Å². The smallest absolute Gasteiger partial charge is 0.317 e. The molecule has 0 spiro atoms. The van der Waals surface area contributed by atoms with Crippen molar-refractivity contribution in [3.05, 3.63) is 5.89 Å². The van der Waals surface area contributed by atoms with Crippen LogP contribution in [-0.2, 0) is 4.79 Å². The summed E-state index contributed by atoms with van der Waals surface area (Å²) >= 11 is 0. The van der Waals surface area contributed by atoms with Crippen LogP contribution in [0.1, 0.15) is 32.2 Å². The number of nitrogens with one attached hydrogen (secondary N) is 2. The molecule has 0 radical (unpaired) electrons. The second-order valence-electron chi connectivity index (χ2n) is 4.05. The summed E-state index contributed by atoms with van der Waals surface area (Å²) in [7, 11) is 3.43. The van der Waals surface area contributed by atoms with E-state index in [-0.39, 0.29) is 11.9 Å². The molecule has 7 heteroatoms. The van der Waals surface area contributed by atoms with Crippen LogP contribution in [0.15, 0.2) is 4.42 Å². The molecule has 0 saturated heterocycles. The zero-order valence-corrected chi connectivity index (χ0v) is 11.4. The van der Waals surface area contributed by atoms with Crippen molar-refractivity contribution in [3.63, 3.8) is 0 Å². The molecule has 1 rings (SSSR count). The van der Waals surface area contributed by atoms with Crippen LogP contribution in [-0.4, -0.2) is 43.3 Å². The Labute approximate surface area is 107 Å². The van der Waals surface area contributed by atoms with Gasteiger partial charge in [-0.05, 0) is 13.5 Å². The standard InChI is InChI=1S/C11H21N5O2/c1-5-13-8(2)10-14-15-11(18-10)16(4)7-6-9(17)12-3/h8,13H,5-7H2,1-4H3,(H,12,17). The van der Waals surface area contributed by atoms with E-state index in [1.54, 1.807) is 11.9 Å². The maximum atomic E-state index is 11.1. The SMILES string of the molecule is CCNC(C)c1nnc(N(C)CCC(=O)NC)o1. The van der Waals surface area contributed by atoms with Crippen molar-refractivity contribution in [2.45, 2.75) is 26.3 Å². The van der Waals surface area contributed by atoms with Gasteiger partial charge in [0.2, 0.25) is 11.8 Å². The maximum absolute atomic E-state index is 11.1. The van der Waals surface area contributed by atoms with Crippen molar-refractivity contribution in [1.82, 2.24) is 20.8 Å². The molecule has 7 nitrogen and oxygen atoms in total. The lowest BCUT2D eigenvalue weighted by Crippen LogP contribution is -2.26. The van der Waals surface area contributed by atoms with E-state index in [4.69, 9.17) is 4.42 Å². The van der Waals surface area contributed by atoms with Gasteiger partial charge in [0.25, 0.3) is 0 Å². The molecular formula is C11H21N5O2. The minimum absolute atomic E-state index is 0.0115. The Bertz CT molecular complexity index is 379. The van der Waals surface area contributed by atoms with Crippen molar-refractivity contribution < 1.29 is 9.21 Å². The molecule has 0 aliphatic carbocycles. The summed E-state index contributed by atoms with van der Waals surface area (Å²) in [4.78, 5) is 12.9. The van der Waals surface area contributed by atoms with Gasteiger partial charge in [-0.1, -0.05) is 12.0 Å². The minimum atomic E-state index is -0.0115. The van der Waals surface area contributed by atoms with Crippen molar-refractivity contribution in [3.8, 4) is 0 Å². The van der Waals surface area contributed by atoms with Crippen LogP contribution in [0.2, 0.25) is 0 Å². The molecule has 2 N–H and O–H groups in total. The highest BCUT2D eigenvalue weighted by atomic mass is 16.4. The third kappa shape index (κ3) is 3.99. The number of rotatable bonds is 7. The van der Waals surface area contributed by atoms with E-state index in [0.717, 1.165) is 6.54 Å². The lowest BCUT2D eigenvalue weighted by molar-refractivity contribution is -0.120. The quantitative estimate of drug-likeness (QED) is 0.729. The van der Waals surface area contributed by atoms with E-state index >= 15 is 0 Å². The third-order valence-electron chi connectivity index (χ3n) is 2.59. The lowest BCUT2D eigenvalue weighted by Gasteiger charge is -2.13. The lowest BCUT2D eigenvalue weighted by atomic mass is 10.3. The van der Waals surface area contributed by atoms with E-state index in [1.807, 2.05) is 20.9 Å². The fraction of sp³-hybridized carbons (Fsp3) is 0.727. The van der Waals surface area contributed by atoms with Gasteiger partial charge in [0, 0.05) is 27.1 Å². The Balaban J connectivity index is 2.53. The molecule has 0 aliphatic rings. The molecule has 0 aliphatic heterocycles. The summed E-state index contributed by atoms with van der Waals surface area (Å²) in [6.45, 7) is 5.36. The van der Waals surface area contributed by atoms with E-state index in [1.165, 1.54) is 0 Å².